The Morgan fingerprint density at radius 3 is 2.67 bits per heavy atom. The van der Waals surface area contributed by atoms with Crippen LogP contribution >= 0.6 is 0 Å². The van der Waals surface area contributed by atoms with Crippen molar-refractivity contribution in [1.82, 2.24) is 14.4 Å². The van der Waals surface area contributed by atoms with E-state index >= 15 is 0 Å². The van der Waals surface area contributed by atoms with Crippen LogP contribution in [0.25, 0.3) is 0 Å². The maximum absolute atomic E-state index is 13.9. The van der Waals surface area contributed by atoms with Gasteiger partial charge in [-0.2, -0.15) is 9.29 Å². The molecule has 0 radical (unpaired) electrons. The van der Waals surface area contributed by atoms with Crippen molar-refractivity contribution in [3.05, 3.63) is 83.3 Å². The molecule has 1 atom stereocenters. The van der Waals surface area contributed by atoms with Crippen LogP contribution in [0, 0.1) is 5.82 Å². The van der Waals surface area contributed by atoms with E-state index in [1.807, 2.05) is 30.3 Å². The highest BCUT2D eigenvalue weighted by Gasteiger charge is 2.38. The Balaban J connectivity index is 1.41. The average molecular weight is 431 g/mol. The lowest BCUT2D eigenvalue weighted by Gasteiger charge is -2.21. The predicted molar refractivity (Wildman–Crippen MR) is 107 cm³/mol. The van der Waals surface area contributed by atoms with Crippen molar-refractivity contribution in [1.29, 1.82) is 0 Å². The maximum Gasteiger partial charge on any atom is 0.252 e. The fourth-order valence-electron chi connectivity index (χ4n) is 3.52. The molecule has 2 heterocycles. The number of ether oxygens (including phenoxy) is 1. The molecule has 0 amide bonds. The van der Waals surface area contributed by atoms with E-state index in [0.717, 1.165) is 5.56 Å². The van der Waals surface area contributed by atoms with Gasteiger partial charge in [0.05, 0.1) is 18.4 Å². The normalized spacial score (nSPS) is 17.4. The van der Waals surface area contributed by atoms with Gasteiger partial charge in [-0.1, -0.05) is 53.7 Å². The molecule has 2 aromatic carbocycles. The van der Waals surface area contributed by atoms with E-state index in [0.29, 0.717) is 37.7 Å². The van der Waals surface area contributed by atoms with Gasteiger partial charge in [0.15, 0.2) is 5.82 Å². The third kappa shape index (κ3) is 4.75. The standard InChI is InChI=1S/C21H22FN3O4S/c22-18-10-5-4-9-17(18)15-30(26,27)25-12-6-11-19(25)21-23-20(29-24-21)14-28-13-16-7-2-1-3-8-16/h1-5,7-10,19H,6,11-15H2/t19-/m0/s1. The van der Waals surface area contributed by atoms with E-state index in [-0.39, 0.29) is 12.2 Å². The third-order valence-electron chi connectivity index (χ3n) is 4.98. The highest BCUT2D eigenvalue weighted by Crippen LogP contribution is 2.34. The van der Waals surface area contributed by atoms with Crippen LogP contribution in [0.4, 0.5) is 4.39 Å². The number of hydrogen-bond acceptors (Lipinski definition) is 6. The molecule has 4 rings (SSSR count). The van der Waals surface area contributed by atoms with Crippen molar-refractivity contribution in [2.24, 2.45) is 0 Å². The molecule has 0 spiro atoms. The van der Waals surface area contributed by atoms with Gasteiger partial charge < -0.3 is 9.26 Å². The summed E-state index contributed by atoms with van der Waals surface area (Å²) in [5, 5.41) is 3.97. The van der Waals surface area contributed by atoms with Crippen molar-refractivity contribution < 1.29 is 22.1 Å². The minimum atomic E-state index is -3.74. The van der Waals surface area contributed by atoms with Crippen molar-refractivity contribution >= 4 is 10.0 Å². The Hall–Kier alpha value is -2.62. The highest BCUT2D eigenvalue weighted by molar-refractivity contribution is 7.88. The highest BCUT2D eigenvalue weighted by atomic mass is 32.2. The van der Waals surface area contributed by atoms with Gasteiger partial charge in [0.2, 0.25) is 10.0 Å². The summed E-state index contributed by atoms with van der Waals surface area (Å²) in [4.78, 5) is 4.33. The summed E-state index contributed by atoms with van der Waals surface area (Å²) in [5.74, 6) is -0.336. The van der Waals surface area contributed by atoms with Crippen LogP contribution < -0.4 is 0 Å². The second kappa shape index (κ2) is 9.03. The first-order valence-electron chi connectivity index (χ1n) is 9.70. The van der Waals surface area contributed by atoms with Crippen LogP contribution in [0.3, 0.4) is 0 Å². The zero-order valence-electron chi connectivity index (χ0n) is 16.3. The van der Waals surface area contributed by atoms with Crippen LogP contribution in [0.5, 0.6) is 0 Å². The molecular weight excluding hydrogens is 409 g/mol. The van der Waals surface area contributed by atoms with E-state index in [1.165, 1.54) is 22.5 Å². The Morgan fingerprint density at radius 1 is 1.10 bits per heavy atom. The first kappa shape index (κ1) is 20.6. The van der Waals surface area contributed by atoms with Crippen molar-refractivity contribution in [3.8, 4) is 0 Å². The largest absolute Gasteiger partial charge is 0.367 e. The summed E-state index contributed by atoms with van der Waals surface area (Å²) in [7, 11) is -3.74. The summed E-state index contributed by atoms with van der Waals surface area (Å²) in [6.07, 6.45) is 1.26. The number of nitrogens with zero attached hydrogens (tertiary/aromatic N) is 3. The van der Waals surface area contributed by atoms with Gasteiger partial charge in [-0.25, -0.2) is 12.8 Å². The summed E-state index contributed by atoms with van der Waals surface area (Å²) >= 11 is 0. The lowest BCUT2D eigenvalue weighted by atomic mass is 10.2. The van der Waals surface area contributed by atoms with Gasteiger partial charge >= 0.3 is 0 Å². The van der Waals surface area contributed by atoms with Crippen molar-refractivity contribution in [2.45, 2.75) is 37.9 Å². The zero-order valence-corrected chi connectivity index (χ0v) is 17.1. The minimum Gasteiger partial charge on any atom is -0.367 e. The Kier molecular flexibility index (Phi) is 6.21. The molecule has 0 unspecified atom stereocenters. The Morgan fingerprint density at radius 2 is 1.87 bits per heavy atom. The molecule has 30 heavy (non-hydrogen) atoms. The van der Waals surface area contributed by atoms with Crippen LogP contribution in [-0.2, 0) is 33.7 Å². The van der Waals surface area contributed by atoms with Crippen LogP contribution in [0.15, 0.2) is 59.1 Å². The minimum absolute atomic E-state index is 0.136. The lowest BCUT2D eigenvalue weighted by molar-refractivity contribution is 0.0850. The number of hydrogen-bond donors (Lipinski definition) is 0. The molecule has 0 bridgehead atoms. The number of aromatic nitrogens is 2. The van der Waals surface area contributed by atoms with Crippen LogP contribution in [-0.4, -0.2) is 29.4 Å². The quantitative estimate of drug-likeness (QED) is 0.542. The number of halogens is 1. The Labute approximate surface area is 174 Å². The van der Waals surface area contributed by atoms with Gasteiger partial charge in [0.1, 0.15) is 12.4 Å². The van der Waals surface area contributed by atoms with Gasteiger partial charge in [-0.05, 0) is 24.5 Å². The first-order valence-corrected chi connectivity index (χ1v) is 11.3. The molecule has 9 heteroatoms. The zero-order chi connectivity index (χ0) is 21.0. The molecular formula is C21H22FN3O4S. The molecule has 0 aliphatic carbocycles. The van der Waals surface area contributed by atoms with E-state index in [2.05, 4.69) is 10.1 Å². The summed E-state index contributed by atoms with van der Waals surface area (Å²) in [5.41, 5.74) is 1.17. The molecule has 1 aliphatic heterocycles. The maximum atomic E-state index is 13.9. The second-order valence-electron chi connectivity index (χ2n) is 7.14. The number of benzene rings is 2. The second-order valence-corrected chi connectivity index (χ2v) is 9.06. The SMILES string of the molecule is O=S(=O)(Cc1ccccc1F)N1CCC[C@H]1c1noc(COCc2ccccc2)n1. The molecule has 0 saturated carbocycles. The molecule has 1 aliphatic rings. The van der Waals surface area contributed by atoms with Gasteiger partial charge in [0.25, 0.3) is 5.89 Å². The van der Waals surface area contributed by atoms with E-state index < -0.39 is 27.6 Å². The summed E-state index contributed by atoms with van der Waals surface area (Å²) < 4.78 is 52.0. The number of rotatable bonds is 8. The summed E-state index contributed by atoms with van der Waals surface area (Å²) in [6, 6.07) is 15.1. The van der Waals surface area contributed by atoms with Crippen molar-refractivity contribution in [2.75, 3.05) is 6.54 Å². The van der Waals surface area contributed by atoms with Gasteiger partial charge in [0, 0.05) is 12.1 Å². The molecule has 1 fully saturated rings. The Bertz CT molecular complexity index is 1090. The molecule has 1 saturated heterocycles. The molecule has 1 aromatic heterocycles. The van der Waals surface area contributed by atoms with Gasteiger partial charge in [-0.3, -0.25) is 0 Å². The van der Waals surface area contributed by atoms with Gasteiger partial charge in [-0.15, -0.1) is 0 Å². The number of sulfonamides is 1. The smallest absolute Gasteiger partial charge is 0.252 e. The molecule has 7 nitrogen and oxygen atoms in total. The van der Waals surface area contributed by atoms with E-state index in [1.54, 1.807) is 6.07 Å². The predicted octanol–water partition coefficient (Wildman–Crippen LogP) is 3.59. The molecule has 158 valence electrons. The van der Waals surface area contributed by atoms with Crippen molar-refractivity contribution in [3.63, 3.8) is 0 Å². The van der Waals surface area contributed by atoms with Crippen LogP contribution in [0.2, 0.25) is 0 Å². The fourth-order valence-corrected chi connectivity index (χ4v) is 5.31. The van der Waals surface area contributed by atoms with E-state index in [4.69, 9.17) is 9.26 Å². The van der Waals surface area contributed by atoms with E-state index in [9.17, 15) is 12.8 Å². The fraction of sp³-hybridized carbons (Fsp3) is 0.333. The summed E-state index contributed by atoms with van der Waals surface area (Å²) in [6.45, 7) is 0.886. The lowest BCUT2D eigenvalue weighted by Crippen LogP contribution is -2.32. The average Bonchev–Trinajstić information content (AvgIpc) is 3.40. The third-order valence-corrected chi connectivity index (χ3v) is 6.80. The first-order chi connectivity index (χ1) is 14.5. The molecule has 0 N–H and O–H groups in total. The van der Waals surface area contributed by atoms with Crippen LogP contribution in [0.1, 0.15) is 41.7 Å². The topological polar surface area (TPSA) is 85.5 Å². The molecule has 3 aromatic rings. The monoisotopic (exact) mass is 431 g/mol.